The van der Waals surface area contributed by atoms with Crippen molar-refractivity contribution in [1.29, 1.82) is 0 Å². The van der Waals surface area contributed by atoms with Crippen LogP contribution in [0.15, 0.2) is 34.1 Å². The molecule has 5 heteroatoms. The SMILES string of the molecule is CCNC(c1cccs1)c1cc(F)c(Br)cc1F. The zero-order valence-electron chi connectivity index (χ0n) is 9.71. The van der Waals surface area contributed by atoms with Gasteiger partial charge in [-0.05, 0) is 46.1 Å². The van der Waals surface area contributed by atoms with Crippen LogP contribution in [0.1, 0.15) is 23.4 Å². The van der Waals surface area contributed by atoms with E-state index in [1.165, 1.54) is 23.5 Å². The molecular formula is C13H12BrF2NS. The van der Waals surface area contributed by atoms with E-state index in [2.05, 4.69) is 21.2 Å². The van der Waals surface area contributed by atoms with E-state index in [9.17, 15) is 8.78 Å². The van der Waals surface area contributed by atoms with E-state index in [0.29, 0.717) is 12.1 Å². The van der Waals surface area contributed by atoms with Gasteiger partial charge in [-0.2, -0.15) is 0 Å². The molecule has 96 valence electrons. The van der Waals surface area contributed by atoms with E-state index in [1.807, 2.05) is 24.4 Å². The zero-order chi connectivity index (χ0) is 13.1. The van der Waals surface area contributed by atoms with Gasteiger partial charge in [0.25, 0.3) is 0 Å². The highest BCUT2D eigenvalue weighted by molar-refractivity contribution is 9.10. The Labute approximate surface area is 117 Å². The smallest absolute Gasteiger partial charge is 0.137 e. The van der Waals surface area contributed by atoms with Crippen molar-refractivity contribution in [3.05, 3.63) is 56.2 Å². The second-order valence-corrected chi connectivity index (χ2v) is 5.63. The minimum Gasteiger partial charge on any atom is -0.306 e. The van der Waals surface area contributed by atoms with Crippen LogP contribution >= 0.6 is 27.3 Å². The van der Waals surface area contributed by atoms with E-state index in [-0.39, 0.29) is 10.5 Å². The molecular weight excluding hydrogens is 320 g/mol. The Balaban J connectivity index is 2.46. The van der Waals surface area contributed by atoms with Crippen molar-refractivity contribution in [2.24, 2.45) is 0 Å². The largest absolute Gasteiger partial charge is 0.306 e. The predicted molar refractivity (Wildman–Crippen MR) is 73.9 cm³/mol. The topological polar surface area (TPSA) is 12.0 Å². The Morgan fingerprint density at radius 2 is 2.11 bits per heavy atom. The van der Waals surface area contributed by atoms with Gasteiger partial charge < -0.3 is 5.32 Å². The normalized spacial score (nSPS) is 12.7. The summed E-state index contributed by atoms with van der Waals surface area (Å²) in [5.41, 5.74) is 0.333. The third kappa shape index (κ3) is 2.79. The number of rotatable bonds is 4. The van der Waals surface area contributed by atoms with Crippen molar-refractivity contribution >= 4 is 27.3 Å². The standard InChI is InChI=1S/C13H12BrF2NS/c1-2-17-13(12-4-3-5-18-12)8-6-11(16)9(14)7-10(8)15/h3-7,13,17H,2H2,1H3. The summed E-state index contributed by atoms with van der Waals surface area (Å²) >= 11 is 4.51. The van der Waals surface area contributed by atoms with Crippen LogP contribution in [-0.2, 0) is 0 Å². The molecule has 0 fully saturated rings. The van der Waals surface area contributed by atoms with Gasteiger partial charge in [-0.15, -0.1) is 11.3 Å². The Morgan fingerprint density at radius 1 is 1.33 bits per heavy atom. The lowest BCUT2D eigenvalue weighted by molar-refractivity contribution is 0.545. The van der Waals surface area contributed by atoms with E-state index in [4.69, 9.17) is 0 Å². The third-order valence-corrected chi connectivity index (χ3v) is 4.13. The fourth-order valence-electron chi connectivity index (χ4n) is 1.78. The molecule has 0 bridgehead atoms. The third-order valence-electron chi connectivity index (χ3n) is 2.59. The van der Waals surface area contributed by atoms with Gasteiger partial charge in [0.15, 0.2) is 0 Å². The van der Waals surface area contributed by atoms with Crippen molar-refractivity contribution in [1.82, 2.24) is 5.32 Å². The molecule has 18 heavy (non-hydrogen) atoms. The second kappa shape index (κ2) is 5.91. The van der Waals surface area contributed by atoms with Crippen molar-refractivity contribution in [3.63, 3.8) is 0 Å². The van der Waals surface area contributed by atoms with Gasteiger partial charge >= 0.3 is 0 Å². The fourth-order valence-corrected chi connectivity index (χ4v) is 2.92. The monoisotopic (exact) mass is 331 g/mol. The molecule has 1 heterocycles. The summed E-state index contributed by atoms with van der Waals surface area (Å²) < 4.78 is 27.7. The van der Waals surface area contributed by atoms with Crippen LogP contribution in [0.5, 0.6) is 0 Å². The summed E-state index contributed by atoms with van der Waals surface area (Å²) in [6.45, 7) is 2.62. The minimum atomic E-state index is -0.453. The van der Waals surface area contributed by atoms with Crippen molar-refractivity contribution in [2.45, 2.75) is 13.0 Å². The van der Waals surface area contributed by atoms with Crippen LogP contribution in [0.25, 0.3) is 0 Å². The van der Waals surface area contributed by atoms with Crippen LogP contribution in [0.3, 0.4) is 0 Å². The number of benzene rings is 1. The van der Waals surface area contributed by atoms with E-state index < -0.39 is 11.6 Å². The number of hydrogen-bond donors (Lipinski definition) is 1. The molecule has 0 aliphatic carbocycles. The summed E-state index contributed by atoms with van der Waals surface area (Å²) in [5, 5.41) is 5.10. The zero-order valence-corrected chi connectivity index (χ0v) is 12.1. The summed E-state index contributed by atoms with van der Waals surface area (Å²) in [5.74, 6) is -0.867. The highest BCUT2D eigenvalue weighted by Gasteiger charge is 2.19. The number of halogens is 3. The van der Waals surface area contributed by atoms with Crippen LogP contribution in [-0.4, -0.2) is 6.54 Å². The molecule has 0 saturated carbocycles. The van der Waals surface area contributed by atoms with Crippen molar-refractivity contribution in [2.75, 3.05) is 6.54 Å². The van der Waals surface area contributed by atoms with Gasteiger partial charge in [0.05, 0.1) is 10.5 Å². The minimum absolute atomic E-state index is 0.144. The van der Waals surface area contributed by atoms with Crippen LogP contribution in [0.2, 0.25) is 0 Å². The number of nitrogens with one attached hydrogen (secondary N) is 1. The lowest BCUT2D eigenvalue weighted by Crippen LogP contribution is -2.22. The molecule has 0 amide bonds. The van der Waals surface area contributed by atoms with Crippen LogP contribution in [0, 0.1) is 11.6 Å². The maximum atomic E-state index is 14.0. The molecule has 1 atom stereocenters. The number of thiophene rings is 1. The molecule has 0 aliphatic heterocycles. The molecule has 0 spiro atoms. The fraction of sp³-hybridized carbons (Fsp3) is 0.231. The molecule has 2 aromatic rings. The first-order valence-electron chi connectivity index (χ1n) is 5.54. The number of hydrogen-bond acceptors (Lipinski definition) is 2. The lowest BCUT2D eigenvalue weighted by atomic mass is 10.0. The Kier molecular flexibility index (Phi) is 4.48. The molecule has 1 aromatic heterocycles. The average Bonchev–Trinajstić information content (AvgIpc) is 2.85. The molecule has 0 aliphatic rings. The first-order valence-corrected chi connectivity index (χ1v) is 7.22. The highest BCUT2D eigenvalue weighted by Crippen LogP contribution is 2.30. The first kappa shape index (κ1) is 13.6. The maximum absolute atomic E-state index is 14.0. The van der Waals surface area contributed by atoms with Crippen molar-refractivity contribution < 1.29 is 8.78 Å². The maximum Gasteiger partial charge on any atom is 0.137 e. The van der Waals surface area contributed by atoms with Crippen LogP contribution in [0.4, 0.5) is 8.78 Å². The summed E-state index contributed by atoms with van der Waals surface area (Å²) in [6.07, 6.45) is 0. The van der Waals surface area contributed by atoms with Gasteiger partial charge in [0, 0.05) is 10.4 Å². The van der Waals surface area contributed by atoms with Gasteiger partial charge in [-0.3, -0.25) is 0 Å². The molecule has 1 aromatic carbocycles. The highest BCUT2D eigenvalue weighted by atomic mass is 79.9. The van der Waals surface area contributed by atoms with Gasteiger partial charge in [-0.25, -0.2) is 8.78 Å². The Bertz CT molecular complexity index is 528. The molecule has 1 nitrogen and oxygen atoms in total. The van der Waals surface area contributed by atoms with Gasteiger partial charge in [0.1, 0.15) is 11.6 Å². The summed E-state index contributed by atoms with van der Waals surface area (Å²) in [4.78, 5) is 0.970. The quantitative estimate of drug-likeness (QED) is 0.814. The summed E-state index contributed by atoms with van der Waals surface area (Å²) in [6, 6.07) is 5.92. The first-order chi connectivity index (χ1) is 8.63. The van der Waals surface area contributed by atoms with Gasteiger partial charge in [0.2, 0.25) is 0 Å². The van der Waals surface area contributed by atoms with Gasteiger partial charge in [-0.1, -0.05) is 13.0 Å². The Morgan fingerprint density at radius 3 is 2.72 bits per heavy atom. The van der Waals surface area contributed by atoms with Crippen LogP contribution < -0.4 is 5.32 Å². The van der Waals surface area contributed by atoms with E-state index in [0.717, 1.165) is 4.88 Å². The van der Waals surface area contributed by atoms with E-state index >= 15 is 0 Å². The molecule has 0 saturated heterocycles. The Hall–Kier alpha value is -0.780. The predicted octanol–water partition coefficient (Wildman–Crippen LogP) is 4.49. The van der Waals surface area contributed by atoms with E-state index in [1.54, 1.807) is 0 Å². The molecule has 1 N–H and O–H groups in total. The van der Waals surface area contributed by atoms with Crippen molar-refractivity contribution in [3.8, 4) is 0 Å². The molecule has 2 rings (SSSR count). The lowest BCUT2D eigenvalue weighted by Gasteiger charge is -2.18. The second-order valence-electron chi connectivity index (χ2n) is 3.79. The molecule has 1 unspecified atom stereocenters. The summed E-state index contributed by atoms with van der Waals surface area (Å²) in [7, 11) is 0. The average molecular weight is 332 g/mol. The molecule has 0 radical (unpaired) electrons.